The molecule has 0 saturated carbocycles. The third kappa shape index (κ3) is 5.39. The summed E-state index contributed by atoms with van der Waals surface area (Å²) in [5.41, 5.74) is 0. The first-order chi connectivity index (χ1) is 7.83. The minimum Gasteiger partial charge on any atom is -0.494 e. The summed E-state index contributed by atoms with van der Waals surface area (Å²) in [6, 6.07) is 9.69. The molecule has 0 spiro atoms. The van der Waals surface area contributed by atoms with Crippen molar-refractivity contribution in [1.29, 1.82) is 0 Å². The molecule has 0 aliphatic carbocycles. The number of rotatable bonds is 7. The van der Waals surface area contributed by atoms with Gasteiger partial charge < -0.3 is 10.1 Å². The lowest BCUT2D eigenvalue weighted by molar-refractivity contribution is -0.121. The summed E-state index contributed by atoms with van der Waals surface area (Å²) < 4.78 is 5.50. The molecule has 1 amide bonds. The zero-order valence-corrected chi connectivity index (χ0v) is 9.74. The minimum absolute atomic E-state index is 0.127. The zero-order valence-electron chi connectivity index (χ0n) is 9.74. The van der Waals surface area contributed by atoms with E-state index < -0.39 is 0 Å². The molecular weight excluding hydrogens is 202 g/mol. The smallest absolute Gasteiger partial charge is 0.219 e. The van der Waals surface area contributed by atoms with Gasteiger partial charge >= 0.3 is 0 Å². The van der Waals surface area contributed by atoms with E-state index in [1.807, 2.05) is 37.3 Å². The summed E-state index contributed by atoms with van der Waals surface area (Å²) in [6.07, 6.45) is 2.34. The molecule has 0 unspecified atom stereocenters. The summed E-state index contributed by atoms with van der Waals surface area (Å²) in [4.78, 5) is 11.1. The average molecular weight is 221 g/mol. The Morgan fingerprint density at radius 3 is 2.75 bits per heavy atom. The van der Waals surface area contributed by atoms with Gasteiger partial charge in [0.25, 0.3) is 0 Å². The second-order valence-corrected chi connectivity index (χ2v) is 3.62. The molecule has 0 radical (unpaired) electrons. The molecule has 0 fully saturated rings. The molecule has 3 nitrogen and oxygen atoms in total. The van der Waals surface area contributed by atoms with E-state index in [9.17, 15) is 4.79 Å². The van der Waals surface area contributed by atoms with Gasteiger partial charge in [0.2, 0.25) is 5.91 Å². The topological polar surface area (TPSA) is 38.3 Å². The summed E-state index contributed by atoms with van der Waals surface area (Å²) in [7, 11) is 0. The maximum atomic E-state index is 11.1. The standard InChI is InChI=1S/C13H19NO2/c1-2-7-13(15)14-10-6-11-16-12-8-4-3-5-9-12/h3-5,8-9H,2,6-7,10-11H2,1H3,(H,14,15). The van der Waals surface area contributed by atoms with Crippen LogP contribution >= 0.6 is 0 Å². The van der Waals surface area contributed by atoms with Crippen LogP contribution in [-0.4, -0.2) is 19.1 Å². The van der Waals surface area contributed by atoms with Gasteiger partial charge in [-0.2, -0.15) is 0 Å². The number of carbonyl (C=O) groups excluding carboxylic acids is 1. The van der Waals surface area contributed by atoms with Gasteiger partial charge in [0.1, 0.15) is 5.75 Å². The number of carbonyl (C=O) groups is 1. The Labute approximate surface area is 96.8 Å². The Hall–Kier alpha value is -1.51. The van der Waals surface area contributed by atoms with E-state index in [1.54, 1.807) is 0 Å². The number of para-hydroxylation sites is 1. The number of hydrogen-bond donors (Lipinski definition) is 1. The van der Waals surface area contributed by atoms with Gasteiger partial charge in [-0.05, 0) is 25.0 Å². The Bertz CT molecular complexity index is 298. The molecule has 0 aromatic heterocycles. The Morgan fingerprint density at radius 2 is 2.06 bits per heavy atom. The third-order valence-electron chi connectivity index (χ3n) is 2.13. The first-order valence-electron chi connectivity index (χ1n) is 5.77. The maximum absolute atomic E-state index is 11.1. The Kier molecular flexibility index (Phi) is 6.07. The summed E-state index contributed by atoms with van der Waals surface area (Å²) in [6.45, 7) is 3.32. The first-order valence-corrected chi connectivity index (χ1v) is 5.77. The molecule has 0 saturated heterocycles. The molecule has 1 aromatic carbocycles. The predicted molar refractivity (Wildman–Crippen MR) is 64.5 cm³/mol. The molecule has 0 aliphatic heterocycles. The van der Waals surface area contributed by atoms with Gasteiger partial charge in [0.15, 0.2) is 0 Å². The van der Waals surface area contributed by atoms with Crippen LogP contribution in [0.5, 0.6) is 5.75 Å². The van der Waals surface area contributed by atoms with Crippen molar-refractivity contribution in [3.63, 3.8) is 0 Å². The zero-order chi connectivity index (χ0) is 11.6. The van der Waals surface area contributed by atoms with Crippen LogP contribution in [0.2, 0.25) is 0 Å². The first kappa shape index (κ1) is 12.6. The fourth-order valence-corrected chi connectivity index (χ4v) is 1.32. The van der Waals surface area contributed by atoms with Crippen molar-refractivity contribution in [3.05, 3.63) is 30.3 Å². The van der Waals surface area contributed by atoms with E-state index >= 15 is 0 Å². The lowest BCUT2D eigenvalue weighted by Gasteiger charge is -2.06. The average Bonchev–Trinajstić information content (AvgIpc) is 2.30. The number of ether oxygens (including phenoxy) is 1. The molecule has 88 valence electrons. The Balaban J connectivity index is 2.02. The molecule has 16 heavy (non-hydrogen) atoms. The summed E-state index contributed by atoms with van der Waals surface area (Å²) in [5, 5.41) is 2.85. The van der Waals surface area contributed by atoms with E-state index in [4.69, 9.17) is 4.74 Å². The van der Waals surface area contributed by atoms with E-state index in [1.165, 1.54) is 0 Å². The van der Waals surface area contributed by atoms with E-state index in [-0.39, 0.29) is 5.91 Å². The SMILES string of the molecule is CCCC(=O)NCCCOc1ccccc1. The largest absolute Gasteiger partial charge is 0.494 e. The van der Waals surface area contributed by atoms with Gasteiger partial charge in [-0.25, -0.2) is 0 Å². The molecule has 1 aromatic rings. The van der Waals surface area contributed by atoms with Crippen LogP contribution in [0.4, 0.5) is 0 Å². The minimum atomic E-state index is 0.127. The summed E-state index contributed by atoms with van der Waals surface area (Å²) >= 11 is 0. The molecule has 0 heterocycles. The number of hydrogen-bond acceptors (Lipinski definition) is 2. The van der Waals surface area contributed by atoms with Crippen molar-refractivity contribution in [1.82, 2.24) is 5.32 Å². The maximum Gasteiger partial charge on any atom is 0.219 e. The molecule has 3 heteroatoms. The summed E-state index contributed by atoms with van der Waals surface area (Å²) in [5.74, 6) is 1.00. The number of nitrogens with one attached hydrogen (secondary N) is 1. The van der Waals surface area contributed by atoms with E-state index in [0.29, 0.717) is 19.6 Å². The molecule has 0 atom stereocenters. The highest BCUT2D eigenvalue weighted by molar-refractivity contribution is 5.75. The van der Waals surface area contributed by atoms with Gasteiger partial charge in [0.05, 0.1) is 6.61 Å². The highest BCUT2D eigenvalue weighted by atomic mass is 16.5. The van der Waals surface area contributed by atoms with E-state index in [0.717, 1.165) is 18.6 Å². The number of benzene rings is 1. The Morgan fingerprint density at radius 1 is 1.31 bits per heavy atom. The van der Waals surface area contributed by atoms with Crippen LogP contribution in [0.15, 0.2) is 30.3 Å². The van der Waals surface area contributed by atoms with Gasteiger partial charge in [-0.3, -0.25) is 4.79 Å². The number of amides is 1. The molecule has 0 bridgehead atoms. The van der Waals surface area contributed by atoms with Gasteiger partial charge in [-0.1, -0.05) is 25.1 Å². The van der Waals surface area contributed by atoms with Crippen molar-refractivity contribution in [2.75, 3.05) is 13.2 Å². The van der Waals surface area contributed by atoms with Crippen molar-refractivity contribution in [3.8, 4) is 5.75 Å². The highest BCUT2D eigenvalue weighted by Gasteiger charge is 1.97. The highest BCUT2D eigenvalue weighted by Crippen LogP contribution is 2.07. The van der Waals surface area contributed by atoms with Crippen LogP contribution in [0.3, 0.4) is 0 Å². The van der Waals surface area contributed by atoms with Crippen LogP contribution in [0.1, 0.15) is 26.2 Å². The van der Waals surface area contributed by atoms with Crippen LogP contribution < -0.4 is 10.1 Å². The third-order valence-corrected chi connectivity index (χ3v) is 2.13. The fourth-order valence-electron chi connectivity index (χ4n) is 1.32. The lowest BCUT2D eigenvalue weighted by Crippen LogP contribution is -2.24. The van der Waals surface area contributed by atoms with Crippen molar-refractivity contribution in [2.24, 2.45) is 0 Å². The van der Waals surface area contributed by atoms with Crippen molar-refractivity contribution in [2.45, 2.75) is 26.2 Å². The lowest BCUT2D eigenvalue weighted by atomic mass is 10.3. The predicted octanol–water partition coefficient (Wildman–Crippen LogP) is 2.37. The molecule has 1 rings (SSSR count). The van der Waals surface area contributed by atoms with Crippen LogP contribution in [-0.2, 0) is 4.79 Å². The molecule has 1 N–H and O–H groups in total. The monoisotopic (exact) mass is 221 g/mol. The van der Waals surface area contributed by atoms with Gasteiger partial charge in [0, 0.05) is 13.0 Å². The van der Waals surface area contributed by atoms with Crippen LogP contribution in [0, 0.1) is 0 Å². The second kappa shape index (κ2) is 7.74. The quantitative estimate of drug-likeness (QED) is 0.718. The normalized spacial score (nSPS) is 9.81. The van der Waals surface area contributed by atoms with Gasteiger partial charge in [-0.15, -0.1) is 0 Å². The van der Waals surface area contributed by atoms with E-state index in [2.05, 4.69) is 5.32 Å². The molecule has 0 aliphatic rings. The molecular formula is C13H19NO2. The fraction of sp³-hybridized carbons (Fsp3) is 0.462. The second-order valence-electron chi connectivity index (χ2n) is 3.62. The van der Waals surface area contributed by atoms with Crippen molar-refractivity contribution >= 4 is 5.91 Å². The van der Waals surface area contributed by atoms with Crippen LogP contribution in [0.25, 0.3) is 0 Å². The van der Waals surface area contributed by atoms with Crippen molar-refractivity contribution < 1.29 is 9.53 Å².